The second-order valence-electron chi connectivity index (χ2n) is 3.81. The zero-order chi connectivity index (χ0) is 13.0. The number of rotatable bonds is 4. The number of hydrogen-bond acceptors (Lipinski definition) is 5. The molecule has 0 amide bonds. The van der Waals surface area contributed by atoms with Crippen LogP contribution < -0.4 is 11.1 Å². The predicted molar refractivity (Wildman–Crippen MR) is 75.9 cm³/mol. The summed E-state index contributed by atoms with van der Waals surface area (Å²) in [4.78, 5) is 5.21. The van der Waals surface area contributed by atoms with Gasteiger partial charge in [0.15, 0.2) is 0 Å². The molecule has 0 fully saturated rings. The van der Waals surface area contributed by atoms with Crippen molar-refractivity contribution in [1.29, 1.82) is 0 Å². The second kappa shape index (κ2) is 5.64. The van der Waals surface area contributed by atoms with Crippen molar-refractivity contribution in [2.45, 2.75) is 10.6 Å². The van der Waals surface area contributed by atoms with Crippen molar-refractivity contribution in [3.63, 3.8) is 0 Å². The molecule has 4 N–H and O–H groups in total. The van der Waals surface area contributed by atoms with E-state index in [9.17, 15) is 5.11 Å². The third-order valence-electron chi connectivity index (χ3n) is 2.47. The lowest BCUT2D eigenvalue weighted by Gasteiger charge is -2.06. The third kappa shape index (κ3) is 3.07. The molecule has 1 aromatic carbocycles. The fraction of sp³-hybridized carbons (Fsp3) is 0.154. The molecule has 0 atom stereocenters. The van der Waals surface area contributed by atoms with Crippen LogP contribution in [0.4, 0.5) is 11.5 Å². The summed E-state index contributed by atoms with van der Waals surface area (Å²) in [7, 11) is 1.84. The number of nitrogens with two attached hydrogens (primary N) is 1. The van der Waals surface area contributed by atoms with E-state index in [1.54, 1.807) is 23.9 Å². The van der Waals surface area contributed by atoms with Crippen molar-refractivity contribution in [3.8, 4) is 5.75 Å². The maximum atomic E-state index is 9.27. The molecule has 0 radical (unpaired) electrons. The van der Waals surface area contributed by atoms with Gasteiger partial charge in [0, 0.05) is 35.6 Å². The molecular weight excluding hydrogens is 246 g/mol. The summed E-state index contributed by atoms with van der Waals surface area (Å²) < 4.78 is 0. The highest BCUT2D eigenvalue weighted by Crippen LogP contribution is 2.30. The minimum atomic E-state index is 0.192. The zero-order valence-corrected chi connectivity index (χ0v) is 10.9. The Hall–Kier alpha value is -1.88. The van der Waals surface area contributed by atoms with Crippen LogP contribution in [0.1, 0.15) is 5.56 Å². The smallest absolute Gasteiger partial charge is 0.125 e. The van der Waals surface area contributed by atoms with E-state index in [1.165, 1.54) is 0 Å². The van der Waals surface area contributed by atoms with Crippen molar-refractivity contribution < 1.29 is 5.11 Å². The number of nitrogen functional groups attached to an aromatic ring is 1. The van der Waals surface area contributed by atoms with E-state index in [1.807, 2.05) is 31.4 Å². The first kappa shape index (κ1) is 12.6. The van der Waals surface area contributed by atoms with Gasteiger partial charge in [-0.3, -0.25) is 0 Å². The van der Waals surface area contributed by atoms with Crippen molar-refractivity contribution >= 4 is 23.3 Å². The van der Waals surface area contributed by atoms with E-state index >= 15 is 0 Å². The van der Waals surface area contributed by atoms with Gasteiger partial charge in [0.05, 0.1) is 0 Å². The first-order valence-corrected chi connectivity index (χ1v) is 6.51. The summed E-state index contributed by atoms with van der Waals surface area (Å²) in [5.41, 5.74) is 7.55. The largest absolute Gasteiger partial charge is 0.508 e. The number of thioether (sulfide) groups is 1. The van der Waals surface area contributed by atoms with Crippen LogP contribution in [0.25, 0.3) is 0 Å². The molecule has 2 aromatic rings. The number of anilines is 2. The van der Waals surface area contributed by atoms with E-state index in [0.717, 1.165) is 22.0 Å². The van der Waals surface area contributed by atoms with Crippen LogP contribution in [-0.4, -0.2) is 17.1 Å². The number of phenols is 1. The number of pyridine rings is 1. The summed E-state index contributed by atoms with van der Waals surface area (Å²) in [6.07, 6.45) is 1.84. The SMILES string of the molecule is CNc1ccc(CSc2ccc(O)cc2N)cn1. The summed E-state index contributed by atoms with van der Waals surface area (Å²) in [5.74, 6) is 1.84. The quantitative estimate of drug-likeness (QED) is 0.583. The Kier molecular flexibility index (Phi) is 3.94. The maximum Gasteiger partial charge on any atom is 0.125 e. The number of aromatic nitrogens is 1. The molecule has 1 heterocycles. The van der Waals surface area contributed by atoms with Gasteiger partial charge in [0.2, 0.25) is 0 Å². The van der Waals surface area contributed by atoms with Crippen molar-refractivity contribution in [1.82, 2.24) is 4.98 Å². The number of nitrogens with one attached hydrogen (secondary N) is 1. The third-order valence-corrected chi connectivity index (χ3v) is 3.63. The van der Waals surface area contributed by atoms with E-state index in [2.05, 4.69) is 10.3 Å². The second-order valence-corrected chi connectivity index (χ2v) is 4.83. The molecule has 0 saturated carbocycles. The standard InChI is InChI=1S/C13H15N3OS/c1-15-13-5-2-9(7-16-13)8-18-12-4-3-10(17)6-11(12)14/h2-7,17H,8,14H2,1H3,(H,15,16). The average molecular weight is 261 g/mol. The molecule has 18 heavy (non-hydrogen) atoms. The average Bonchev–Trinajstić information content (AvgIpc) is 2.38. The first-order valence-electron chi connectivity index (χ1n) is 5.53. The van der Waals surface area contributed by atoms with Gasteiger partial charge in [-0.15, -0.1) is 11.8 Å². The van der Waals surface area contributed by atoms with E-state index < -0.39 is 0 Å². The number of nitrogens with zero attached hydrogens (tertiary/aromatic N) is 1. The fourth-order valence-corrected chi connectivity index (χ4v) is 2.37. The normalized spacial score (nSPS) is 10.3. The molecule has 0 aliphatic rings. The molecule has 0 aliphatic heterocycles. The molecule has 0 aliphatic carbocycles. The summed E-state index contributed by atoms with van der Waals surface area (Å²) >= 11 is 1.63. The lowest BCUT2D eigenvalue weighted by Crippen LogP contribution is -1.93. The van der Waals surface area contributed by atoms with Gasteiger partial charge in [-0.25, -0.2) is 4.98 Å². The molecule has 94 valence electrons. The number of aromatic hydroxyl groups is 1. The van der Waals surface area contributed by atoms with E-state index in [0.29, 0.717) is 5.69 Å². The van der Waals surface area contributed by atoms with Crippen LogP contribution >= 0.6 is 11.8 Å². The van der Waals surface area contributed by atoms with E-state index in [4.69, 9.17) is 5.73 Å². The molecule has 0 unspecified atom stereocenters. The molecule has 0 spiro atoms. The Morgan fingerprint density at radius 2 is 2.17 bits per heavy atom. The molecule has 5 heteroatoms. The van der Waals surface area contributed by atoms with Gasteiger partial charge in [-0.05, 0) is 23.8 Å². The Labute approximate surface area is 110 Å². The van der Waals surface area contributed by atoms with Gasteiger partial charge in [-0.2, -0.15) is 0 Å². The van der Waals surface area contributed by atoms with Crippen LogP contribution in [0.3, 0.4) is 0 Å². The van der Waals surface area contributed by atoms with Crippen LogP contribution in [0, 0.1) is 0 Å². The zero-order valence-electron chi connectivity index (χ0n) is 10.1. The molecule has 0 bridgehead atoms. The monoisotopic (exact) mass is 261 g/mol. The van der Waals surface area contributed by atoms with Crippen LogP contribution in [0.2, 0.25) is 0 Å². The van der Waals surface area contributed by atoms with Gasteiger partial charge >= 0.3 is 0 Å². The highest BCUT2D eigenvalue weighted by molar-refractivity contribution is 7.98. The molecule has 1 aromatic heterocycles. The van der Waals surface area contributed by atoms with Crippen molar-refractivity contribution in [2.75, 3.05) is 18.1 Å². The Morgan fingerprint density at radius 3 is 2.78 bits per heavy atom. The van der Waals surface area contributed by atoms with E-state index in [-0.39, 0.29) is 5.75 Å². The van der Waals surface area contributed by atoms with Crippen molar-refractivity contribution in [3.05, 3.63) is 42.1 Å². The van der Waals surface area contributed by atoms with Crippen LogP contribution in [0.15, 0.2) is 41.4 Å². The fourth-order valence-electron chi connectivity index (χ4n) is 1.49. The first-order chi connectivity index (χ1) is 8.69. The molecule has 4 nitrogen and oxygen atoms in total. The lowest BCUT2D eigenvalue weighted by atomic mass is 10.3. The van der Waals surface area contributed by atoms with Gasteiger partial charge in [0.25, 0.3) is 0 Å². The Bertz CT molecular complexity index is 528. The highest BCUT2D eigenvalue weighted by Gasteiger charge is 2.02. The Morgan fingerprint density at radius 1 is 1.33 bits per heavy atom. The van der Waals surface area contributed by atoms with Crippen molar-refractivity contribution in [2.24, 2.45) is 0 Å². The summed E-state index contributed by atoms with van der Waals surface area (Å²) in [6.45, 7) is 0. The lowest BCUT2D eigenvalue weighted by molar-refractivity contribution is 0.475. The maximum absolute atomic E-state index is 9.27. The number of hydrogen-bond donors (Lipinski definition) is 3. The number of phenolic OH excluding ortho intramolecular Hbond substituents is 1. The molecule has 0 saturated heterocycles. The minimum Gasteiger partial charge on any atom is -0.508 e. The molecular formula is C13H15N3OS. The van der Waals surface area contributed by atoms with Gasteiger partial charge in [0.1, 0.15) is 11.6 Å². The summed E-state index contributed by atoms with van der Waals surface area (Å²) in [6, 6.07) is 9.00. The van der Waals surface area contributed by atoms with Gasteiger partial charge in [-0.1, -0.05) is 6.07 Å². The predicted octanol–water partition coefficient (Wildman–Crippen LogP) is 2.70. The van der Waals surface area contributed by atoms with Crippen LogP contribution in [0.5, 0.6) is 5.75 Å². The minimum absolute atomic E-state index is 0.192. The topological polar surface area (TPSA) is 71.2 Å². The van der Waals surface area contributed by atoms with Gasteiger partial charge < -0.3 is 16.2 Å². The Balaban J connectivity index is 2.02. The summed E-state index contributed by atoms with van der Waals surface area (Å²) in [5, 5.41) is 12.3. The van der Waals surface area contributed by atoms with Crippen LogP contribution in [-0.2, 0) is 5.75 Å². The number of benzene rings is 1. The molecule has 2 rings (SSSR count). The highest BCUT2D eigenvalue weighted by atomic mass is 32.2.